The number of nitrogens with zero attached hydrogens (tertiary/aromatic N) is 1. The first-order chi connectivity index (χ1) is 10.8. The summed E-state index contributed by atoms with van der Waals surface area (Å²) in [6.07, 6.45) is 3.21. The summed E-state index contributed by atoms with van der Waals surface area (Å²) in [5.41, 5.74) is 1.16. The molecule has 0 spiro atoms. The van der Waals surface area contributed by atoms with Crippen molar-refractivity contribution in [3.63, 3.8) is 0 Å². The van der Waals surface area contributed by atoms with Crippen LogP contribution in [0.3, 0.4) is 0 Å². The Kier molecular flexibility index (Phi) is 6.44. The number of benzene rings is 1. The number of hydrogen-bond donors (Lipinski definition) is 1. The lowest BCUT2D eigenvalue weighted by atomic mass is 10.1. The molecule has 2 rings (SSSR count). The SMILES string of the molecule is O=C(O)CS(=O)(=O)CCN(CCc1ccc(Cl)cc1)CC1CC1. The lowest BCUT2D eigenvalue weighted by Gasteiger charge is -2.22. The van der Waals surface area contributed by atoms with Crippen LogP contribution in [-0.2, 0) is 21.1 Å². The summed E-state index contributed by atoms with van der Waals surface area (Å²) in [7, 11) is -3.54. The van der Waals surface area contributed by atoms with Crippen molar-refractivity contribution in [1.29, 1.82) is 0 Å². The third kappa shape index (κ3) is 7.33. The van der Waals surface area contributed by atoms with Gasteiger partial charge in [-0.15, -0.1) is 0 Å². The Morgan fingerprint density at radius 2 is 1.87 bits per heavy atom. The molecule has 0 aromatic heterocycles. The number of aliphatic carboxylic acids is 1. The third-order valence-electron chi connectivity index (χ3n) is 3.91. The highest BCUT2D eigenvalue weighted by Gasteiger charge is 2.25. The summed E-state index contributed by atoms with van der Waals surface area (Å²) < 4.78 is 23.5. The Morgan fingerprint density at radius 3 is 2.43 bits per heavy atom. The van der Waals surface area contributed by atoms with Gasteiger partial charge in [0.15, 0.2) is 9.84 Å². The van der Waals surface area contributed by atoms with Crippen LogP contribution in [0.2, 0.25) is 5.02 Å². The molecule has 0 amide bonds. The van der Waals surface area contributed by atoms with E-state index < -0.39 is 21.6 Å². The van der Waals surface area contributed by atoms with Crippen LogP contribution in [0, 0.1) is 5.92 Å². The first-order valence-electron chi connectivity index (χ1n) is 7.73. The molecular formula is C16H22ClNO4S. The van der Waals surface area contributed by atoms with Crippen LogP contribution in [0.25, 0.3) is 0 Å². The zero-order valence-corrected chi connectivity index (χ0v) is 14.5. The standard InChI is InChI=1S/C16H22ClNO4S/c17-15-5-3-13(4-6-15)7-8-18(11-14-1-2-14)9-10-23(21,22)12-16(19)20/h3-6,14H,1-2,7-12H2,(H,19,20). The van der Waals surface area contributed by atoms with Crippen molar-refractivity contribution in [2.75, 3.05) is 31.1 Å². The average molecular weight is 360 g/mol. The Balaban J connectivity index is 1.86. The molecule has 0 saturated heterocycles. The van der Waals surface area contributed by atoms with E-state index >= 15 is 0 Å². The fraction of sp³-hybridized carbons (Fsp3) is 0.562. The highest BCUT2D eigenvalue weighted by atomic mass is 35.5. The monoisotopic (exact) mass is 359 g/mol. The molecule has 1 aromatic rings. The van der Waals surface area contributed by atoms with E-state index in [1.807, 2.05) is 24.3 Å². The summed E-state index contributed by atoms with van der Waals surface area (Å²) in [6.45, 7) is 2.04. The summed E-state index contributed by atoms with van der Waals surface area (Å²) in [5, 5.41) is 9.34. The topological polar surface area (TPSA) is 74.7 Å². The maximum atomic E-state index is 11.7. The predicted octanol–water partition coefficient (Wildman–Crippen LogP) is 2.09. The Labute approximate surface area is 142 Å². The van der Waals surface area contributed by atoms with Gasteiger partial charge in [0.2, 0.25) is 0 Å². The van der Waals surface area contributed by atoms with Crippen molar-refractivity contribution < 1.29 is 18.3 Å². The number of rotatable bonds is 10. The first-order valence-corrected chi connectivity index (χ1v) is 9.93. The molecule has 1 aliphatic rings. The second-order valence-corrected chi connectivity index (χ2v) is 8.73. The molecule has 0 radical (unpaired) electrons. The number of hydrogen-bond acceptors (Lipinski definition) is 4. The van der Waals surface area contributed by atoms with Crippen LogP contribution in [0.1, 0.15) is 18.4 Å². The normalized spacial score (nSPS) is 15.0. The summed E-state index contributed by atoms with van der Waals surface area (Å²) in [4.78, 5) is 12.7. The van der Waals surface area contributed by atoms with E-state index in [0.717, 1.165) is 25.1 Å². The highest BCUT2D eigenvalue weighted by Crippen LogP contribution is 2.29. The van der Waals surface area contributed by atoms with Crippen molar-refractivity contribution in [1.82, 2.24) is 4.90 Å². The van der Waals surface area contributed by atoms with E-state index in [4.69, 9.17) is 16.7 Å². The molecule has 1 saturated carbocycles. The quantitative estimate of drug-likeness (QED) is 0.692. The van der Waals surface area contributed by atoms with Crippen molar-refractivity contribution in [2.45, 2.75) is 19.3 Å². The molecule has 23 heavy (non-hydrogen) atoms. The first kappa shape index (κ1) is 18.2. The maximum absolute atomic E-state index is 11.7. The van der Waals surface area contributed by atoms with Gasteiger partial charge in [-0.1, -0.05) is 23.7 Å². The largest absolute Gasteiger partial charge is 0.480 e. The van der Waals surface area contributed by atoms with E-state index in [9.17, 15) is 13.2 Å². The Hall–Kier alpha value is -1.11. The number of carboxylic acid groups (broad SMARTS) is 1. The van der Waals surface area contributed by atoms with Crippen LogP contribution >= 0.6 is 11.6 Å². The summed E-state index contributed by atoms with van der Waals surface area (Å²) >= 11 is 5.87. The zero-order chi connectivity index (χ0) is 16.9. The van der Waals surface area contributed by atoms with E-state index in [1.165, 1.54) is 12.8 Å². The minimum Gasteiger partial charge on any atom is -0.480 e. The van der Waals surface area contributed by atoms with Gasteiger partial charge in [0.25, 0.3) is 0 Å². The second-order valence-electron chi connectivity index (χ2n) is 6.11. The van der Waals surface area contributed by atoms with Crippen LogP contribution < -0.4 is 0 Å². The number of carbonyl (C=O) groups is 1. The molecule has 128 valence electrons. The number of halogens is 1. The molecule has 0 unspecified atom stereocenters. The Bertz CT molecular complexity index is 626. The lowest BCUT2D eigenvalue weighted by Crippen LogP contribution is -2.34. The molecule has 0 bridgehead atoms. The van der Waals surface area contributed by atoms with Crippen molar-refractivity contribution >= 4 is 27.4 Å². The molecule has 1 fully saturated rings. The molecule has 0 aliphatic heterocycles. The smallest absolute Gasteiger partial charge is 0.318 e. The number of carboxylic acids is 1. The van der Waals surface area contributed by atoms with Gasteiger partial charge in [0, 0.05) is 24.7 Å². The fourth-order valence-electron chi connectivity index (χ4n) is 2.43. The van der Waals surface area contributed by atoms with Gasteiger partial charge in [0.05, 0.1) is 5.75 Å². The molecule has 1 aliphatic carbocycles. The van der Waals surface area contributed by atoms with Gasteiger partial charge in [-0.25, -0.2) is 8.42 Å². The highest BCUT2D eigenvalue weighted by molar-refractivity contribution is 7.92. The molecule has 0 heterocycles. The van der Waals surface area contributed by atoms with Crippen molar-refractivity contribution in [3.8, 4) is 0 Å². The summed E-state index contributed by atoms with van der Waals surface area (Å²) in [6, 6.07) is 7.64. The van der Waals surface area contributed by atoms with E-state index in [1.54, 1.807) is 0 Å². The molecule has 5 nitrogen and oxygen atoms in total. The van der Waals surface area contributed by atoms with Gasteiger partial charge < -0.3 is 10.0 Å². The van der Waals surface area contributed by atoms with Gasteiger partial charge in [-0.3, -0.25) is 4.79 Å². The molecule has 1 N–H and O–H groups in total. The van der Waals surface area contributed by atoms with Crippen LogP contribution in [-0.4, -0.2) is 55.5 Å². The molecule has 7 heteroatoms. The van der Waals surface area contributed by atoms with Crippen LogP contribution in [0.4, 0.5) is 0 Å². The van der Waals surface area contributed by atoms with Crippen molar-refractivity contribution in [3.05, 3.63) is 34.9 Å². The molecule has 0 atom stereocenters. The predicted molar refractivity (Wildman–Crippen MR) is 90.6 cm³/mol. The fourth-order valence-corrected chi connectivity index (χ4v) is 3.61. The van der Waals surface area contributed by atoms with Crippen molar-refractivity contribution in [2.24, 2.45) is 5.92 Å². The lowest BCUT2D eigenvalue weighted by molar-refractivity contribution is -0.134. The van der Waals surface area contributed by atoms with Gasteiger partial charge in [-0.2, -0.15) is 0 Å². The Morgan fingerprint density at radius 1 is 1.22 bits per heavy atom. The van der Waals surface area contributed by atoms with E-state index in [0.29, 0.717) is 17.5 Å². The van der Waals surface area contributed by atoms with E-state index in [2.05, 4.69) is 4.90 Å². The third-order valence-corrected chi connectivity index (χ3v) is 5.65. The van der Waals surface area contributed by atoms with E-state index in [-0.39, 0.29) is 5.75 Å². The summed E-state index contributed by atoms with van der Waals surface area (Å²) in [5.74, 6) is -1.53. The average Bonchev–Trinajstić information content (AvgIpc) is 3.26. The minimum absolute atomic E-state index is 0.105. The second kappa shape index (κ2) is 8.13. The van der Waals surface area contributed by atoms with Gasteiger partial charge in [0.1, 0.15) is 5.75 Å². The zero-order valence-electron chi connectivity index (χ0n) is 12.9. The molecule has 1 aromatic carbocycles. The molecular weight excluding hydrogens is 338 g/mol. The number of sulfone groups is 1. The maximum Gasteiger partial charge on any atom is 0.318 e. The van der Waals surface area contributed by atoms with Crippen LogP contribution in [0.15, 0.2) is 24.3 Å². The van der Waals surface area contributed by atoms with Gasteiger partial charge in [-0.05, 0) is 42.9 Å². The minimum atomic E-state index is -3.54. The van der Waals surface area contributed by atoms with Crippen LogP contribution in [0.5, 0.6) is 0 Å². The van der Waals surface area contributed by atoms with Gasteiger partial charge >= 0.3 is 5.97 Å².